The van der Waals surface area contributed by atoms with Gasteiger partial charge in [-0.15, -0.1) is 0 Å². The Morgan fingerprint density at radius 3 is 2.58 bits per heavy atom. The summed E-state index contributed by atoms with van der Waals surface area (Å²) in [5.74, 6) is 0. The van der Waals surface area contributed by atoms with Crippen LogP contribution >= 0.6 is 15.9 Å². The Balaban J connectivity index is 1.52. The van der Waals surface area contributed by atoms with E-state index in [1.54, 1.807) is 0 Å². The fourth-order valence-electron chi connectivity index (χ4n) is 4.30. The van der Waals surface area contributed by atoms with Crippen molar-refractivity contribution in [3.05, 3.63) is 0 Å². The van der Waals surface area contributed by atoms with Crippen LogP contribution in [0, 0.1) is 5.41 Å². The van der Waals surface area contributed by atoms with Crippen LogP contribution < -0.4 is 0 Å². The van der Waals surface area contributed by atoms with Crippen molar-refractivity contribution < 1.29 is 4.74 Å². The minimum Gasteiger partial charge on any atom is -0.370 e. The lowest BCUT2D eigenvalue weighted by Crippen LogP contribution is -2.48. The Labute approximate surface area is 126 Å². The van der Waals surface area contributed by atoms with Crippen LogP contribution in [0.1, 0.15) is 58.8 Å². The second-order valence-corrected chi connectivity index (χ2v) is 8.75. The smallest absolute Gasteiger partial charge is 0.0710 e. The van der Waals surface area contributed by atoms with Gasteiger partial charge >= 0.3 is 0 Å². The molecule has 3 aliphatic rings. The maximum absolute atomic E-state index is 6.45. The zero-order valence-electron chi connectivity index (χ0n) is 12.5. The van der Waals surface area contributed by atoms with E-state index in [2.05, 4.69) is 34.7 Å². The molecule has 2 unspecified atom stereocenters. The van der Waals surface area contributed by atoms with E-state index in [9.17, 15) is 0 Å². The largest absolute Gasteiger partial charge is 0.370 e. The van der Waals surface area contributed by atoms with Crippen LogP contribution in [0.25, 0.3) is 0 Å². The first-order valence-electron chi connectivity index (χ1n) is 8.03. The van der Waals surface area contributed by atoms with Gasteiger partial charge in [-0.3, -0.25) is 0 Å². The second-order valence-electron chi connectivity index (χ2n) is 7.65. The van der Waals surface area contributed by atoms with Crippen molar-refractivity contribution in [2.24, 2.45) is 5.41 Å². The van der Waals surface area contributed by atoms with Gasteiger partial charge in [0.05, 0.1) is 11.7 Å². The van der Waals surface area contributed by atoms with Crippen LogP contribution in [-0.4, -0.2) is 41.1 Å². The van der Waals surface area contributed by atoms with Gasteiger partial charge in [-0.2, -0.15) is 0 Å². The van der Waals surface area contributed by atoms with Gasteiger partial charge in [0.25, 0.3) is 0 Å². The summed E-state index contributed by atoms with van der Waals surface area (Å²) >= 11 is 3.84. The molecule has 0 aromatic heterocycles. The third kappa shape index (κ3) is 3.03. The Morgan fingerprint density at radius 1 is 1.16 bits per heavy atom. The van der Waals surface area contributed by atoms with Crippen molar-refractivity contribution in [1.82, 2.24) is 4.90 Å². The van der Waals surface area contributed by atoms with E-state index in [1.807, 2.05) is 0 Å². The van der Waals surface area contributed by atoms with Crippen LogP contribution in [0.4, 0.5) is 0 Å². The lowest BCUT2D eigenvalue weighted by atomic mass is 9.84. The SMILES string of the molecule is CC1(C)CN(CC2CCC3(CCCC3)O2)CCC1Br. The Kier molecular flexibility index (Phi) is 4.01. The lowest BCUT2D eigenvalue weighted by molar-refractivity contribution is -0.0528. The van der Waals surface area contributed by atoms with Gasteiger partial charge in [-0.25, -0.2) is 0 Å². The predicted octanol–water partition coefficient (Wildman–Crippen LogP) is 3.97. The number of alkyl halides is 1. The first kappa shape index (κ1) is 14.3. The number of hydrogen-bond acceptors (Lipinski definition) is 2. The molecule has 0 amide bonds. The molecule has 3 fully saturated rings. The third-order valence-corrected chi connectivity index (χ3v) is 7.19. The van der Waals surface area contributed by atoms with Crippen molar-refractivity contribution >= 4 is 15.9 Å². The van der Waals surface area contributed by atoms with Gasteiger partial charge in [-0.05, 0) is 44.1 Å². The third-order valence-electron chi connectivity index (χ3n) is 5.49. The maximum Gasteiger partial charge on any atom is 0.0710 e. The summed E-state index contributed by atoms with van der Waals surface area (Å²) in [7, 11) is 0. The average Bonchev–Trinajstić information content (AvgIpc) is 2.95. The predicted molar refractivity (Wildman–Crippen MR) is 82.9 cm³/mol. The Hall–Kier alpha value is 0.400. The number of likely N-dealkylation sites (tertiary alicyclic amines) is 1. The molecule has 3 heteroatoms. The number of hydrogen-bond donors (Lipinski definition) is 0. The van der Waals surface area contributed by atoms with Gasteiger partial charge in [0, 0.05) is 17.9 Å². The topological polar surface area (TPSA) is 12.5 Å². The number of piperidine rings is 1. The fraction of sp³-hybridized carbons (Fsp3) is 1.00. The second kappa shape index (κ2) is 5.31. The Bertz CT molecular complexity index is 325. The normalized spacial score (nSPS) is 38.1. The minimum absolute atomic E-state index is 0.300. The minimum atomic E-state index is 0.300. The molecule has 1 saturated carbocycles. The highest BCUT2D eigenvalue weighted by molar-refractivity contribution is 9.09. The van der Waals surface area contributed by atoms with Gasteiger partial charge in [0.15, 0.2) is 0 Å². The number of halogens is 1. The number of ether oxygens (including phenoxy) is 1. The molecule has 0 N–H and O–H groups in total. The van der Waals surface area contributed by atoms with E-state index in [4.69, 9.17) is 4.74 Å². The van der Waals surface area contributed by atoms with E-state index in [1.165, 1.54) is 58.0 Å². The monoisotopic (exact) mass is 329 g/mol. The molecule has 0 bridgehead atoms. The van der Waals surface area contributed by atoms with Crippen molar-refractivity contribution in [2.45, 2.75) is 75.3 Å². The molecule has 110 valence electrons. The van der Waals surface area contributed by atoms with E-state index in [-0.39, 0.29) is 0 Å². The van der Waals surface area contributed by atoms with Crippen LogP contribution in [0.5, 0.6) is 0 Å². The number of rotatable bonds is 2. The summed E-state index contributed by atoms with van der Waals surface area (Å²) in [6, 6.07) is 0. The summed E-state index contributed by atoms with van der Waals surface area (Å²) in [6.45, 7) is 8.35. The van der Waals surface area contributed by atoms with E-state index >= 15 is 0 Å². The summed E-state index contributed by atoms with van der Waals surface area (Å²) in [5.41, 5.74) is 0.690. The van der Waals surface area contributed by atoms with Crippen molar-refractivity contribution in [3.8, 4) is 0 Å². The average molecular weight is 330 g/mol. The molecular weight excluding hydrogens is 302 g/mol. The molecule has 0 aromatic carbocycles. The molecule has 0 aromatic rings. The molecule has 2 saturated heterocycles. The standard InChI is InChI=1S/C16H28BrNO/c1-15(2)12-18(10-6-14(15)17)11-13-5-9-16(19-13)7-3-4-8-16/h13-14H,3-12H2,1-2H3. The molecule has 2 heterocycles. The Morgan fingerprint density at radius 2 is 1.89 bits per heavy atom. The van der Waals surface area contributed by atoms with Gasteiger partial charge < -0.3 is 9.64 Å². The van der Waals surface area contributed by atoms with Crippen LogP contribution in [-0.2, 0) is 4.74 Å². The summed E-state index contributed by atoms with van der Waals surface area (Å²) in [4.78, 5) is 3.30. The number of nitrogens with zero attached hydrogens (tertiary/aromatic N) is 1. The van der Waals surface area contributed by atoms with Crippen LogP contribution in [0.2, 0.25) is 0 Å². The van der Waals surface area contributed by atoms with E-state index in [0.717, 1.165) is 6.54 Å². The van der Waals surface area contributed by atoms with E-state index < -0.39 is 0 Å². The molecule has 1 aliphatic carbocycles. The molecule has 0 radical (unpaired) electrons. The first-order valence-corrected chi connectivity index (χ1v) is 8.95. The first-order chi connectivity index (χ1) is 8.99. The fourth-order valence-corrected chi connectivity index (χ4v) is 4.65. The highest BCUT2D eigenvalue weighted by Crippen LogP contribution is 2.44. The molecule has 19 heavy (non-hydrogen) atoms. The maximum atomic E-state index is 6.45. The van der Waals surface area contributed by atoms with Crippen LogP contribution in [0.15, 0.2) is 0 Å². The summed E-state index contributed by atoms with van der Waals surface area (Å²) in [6.07, 6.45) is 9.77. The molecule has 1 spiro atoms. The van der Waals surface area contributed by atoms with E-state index in [0.29, 0.717) is 21.9 Å². The van der Waals surface area contributed by atoms with Crippen molar-refractivity contribution in [3.63, 3.8) is 0 Å². The quantitative estimate of drug-likeness (QED) is 0.710. The molecule has 2 aliphatic heterocycles. The van der Waals surface area contributed by atoms with Crippen LogP contribution in [0.3, 0.4) is 0 Å². The molecule has 2 nitrogen and oxygen atoms in total. The zero-order chi connectivity index (χ0) is 13.5. The molecule has 2 atom stereocenters. The molecular formula is C16H28BrNO. The van der Waals surface area contributed by atoms with Gasteiger partial charge in [0.1, 0.15) is 0 Å². The summed E-state index contributed by atoms with van der Waals surface area (Å²) in [5, 5.41) is 0. The van der Waals surface area contributed by atoms with Gasteiger partial charge in [-0.1, -0.05) is 42.6 Å². The summed E-state index contributed by atoms with van der Waals surface area (Å²) < 4.78 is 6.45. The highest BCUT2D eigenvalue weighted by Gasteiger charge is 2.43. The highest BCUT2D eigenvalue weighted by atomic mass is 79.9. The zero-order valence-corrected chi connectivity index (χ0v) is 14.0. The van der Waals surface area contributed by atoms with Gasteiger partial charge in [0.2, 0.25) is 0 Å². The lowest BCUT2D eigenvalue weighted by Gasteiger charge is -2.42. The van der Waals surface area contributed by atoms with Crippen molar-refractivity contribution in [1.29, 1.82) is 0 Å². The van der Waals surface area contributed by atoms with Crippen molar-refractivity contribution in [2.75, 3.05) is 19.6 Å². The molecule has 3 rings (SSSR count).